The molecule has 0 radical (unpaired) electrons. The molecular formula is C11H20N4O2. The van der Waals surface area contributed by atoms with Crippen LogP contribution in [0.15, 0.2) is 6.33 Å². The lowest BCUT2D eigenvalue weighted by Gasteiger charge is -2.08. The minimum Gasteiger partial charge on any atom is -0.469 e. The number of hydrogen-bond donors (Lipinski definition) is 1. The first-order valence-corrected chi connectivity index (χ1v) is 5.77. The van der Waals surface area contributed by atoms with Crippen molar-refractivity contribution in [3.05, 3.63) is 12.2 Å². The number of carbonyl (C=O) groups excluding carboxylic acids is 1. The van der Waals surface area contributed by atoms with Crippen molar-refractivity contribution < 1.29 is 9.53 Å². The van der Waals surface area contributed by atoms with Gasteiger partial charge in [0.25, 0.3) is 0 Å². The van der Waals surface area contributed by atoms with Gasteiger partial charge in [-0.15, -0.1) is 0 Å². The fourth-order valence-corrected chi connectivity index (χ4v) is 1.42. The molecule has 0 saturated heterocycles. The minimum absolute atomic E-state index is 0.207. The molecular weight excluding hydrogens is 220 g/mol. The van der Waals surface area contributed by atoms with E-state index in [4.69, 9.17) is 0 Å². The van der Waals surface area contributed by atoms with E-state index in [-0.39, 0.29) is 5.97 Å². The fourth-order valence-electron chi connectivity index (χ4n) is 1.42. The van der Waals surface area contributed by atoms with Gasteiger partial charge >= 0.3 is 5.97 Å². The summed E-state index contributed by atoms with van der Waals surface area (Å²) in [5, 5.41) is 7.30. The Bertz CT molecular complexity index is 349. The maximum atomic E-state index is 10.9. The molecule has 0 aliphatic rings. The number of rotatable bonds is 7. The van der Waals surface area contributed by atoms with Crippen LogP contribution in [0.1, 0.15) is 26.1 Å². The summed E-state index contributed by atoms with van der Waals surface area (Å²) in [6.07, 6.45) is 1.93. The Balaban J connectivity index is 2.31. The van der Waals surface area contributed by atoms with Gasteiger partial charge < -0.3 is 10.1 Å². The maximum absolute atomic E-state index is 10.9. The molecule has 1 rings (SSSR count). The minimum atomic E-state index is -0.207. The van der Waals surface area contributed by atoms with Gasteiger partial charge in [0.1, 0.15) is 12.2 Å². The van der Waals surface area contributed by atoms with Crippen molar-refractivity contribution in [1.29, 1.82) is 0 Å². The van der Waals surface area contributed by atoms with E-state index in [9.17, 15) is 4.79 Å². The first kappa shape index (κ1) is 13.6. The summed E-state index contributed by atoms with van der Waals surface area (Å²) in [6, 6.07) is 0. The predicted octanol–water partition coefficient (Wildman–Crippen LogP) is 0.587. The summed E-state index contributed by atoms with van der Waals surface area (Å²) in [6.45, 7) is 6.32. The van der Waals surface area contributed by atoms with Gasteiger partial charge in [-0.3, -0.25) is 4.79 Å². The number of esters is 1. The molecule has 6 nitrogen and oxygen atoms in total. The summed E-state index contributed by atoms with van der Waals surface area (Å²) in [4.78, 5) is 15.1. The highest BCUT2D eigenvalue weighted by Gasteiger charge is 2.06. The van der Waals surface area contributed by atoms with Crippen LogP contribution in [0.25, 0.3) is 0 Å². The number of carbonyl (C=O) groups is 1. The maximum Gasteiger partial charge on any atom is 0.306 e. The zero-order valence-electron chi connectivity index (χ0n) is 10.6. The van der Waals surface area contributed by atoms with Crippen LogP contribution in [-0.2, 0) is 22.6 Å². The molecule has 0 atom stereocenters. The molecule has 0 spiro atoms. The molecule has 0 aromatic carbocycles. The third-order valence-corrected chi connectivity index (χ3v) is 2.25. The molecule has 17 heavy (non-hydrogen) atoms. The molecule has 1 aromatic heterocycles. The molecule has 0 aliphatic heterocycles. The van der Waals surface area contributed by atoms with Gasteiger partial charge in [0.2, 0.25) is 0 Å². The van der Waals surface area contributed by atoms with Crippen molar-refractivity contribution in [2.75, 3.05) is 13.7 Å². The molecule has 0 saturated carbocycles. The van der Waals surface area contributed by atoms with Crippen LogP contribution in [0.2, 0.25) is 0 Å². The highest BCUT2D eigenvalue weighted by atomic mass is 16.5. The summed E-state index contributed by atoms with van der Waals surface area (Å²) in [5.41, 5.74) is 0. The largest absolute Gasteiger partial charge is 0.469 e. The number of ether oxygens (including phenoxy) is 1. The summed E-state index contributed by atoms with van der Waals surface area (Å²) >= 11 is 0. The van der Waals surface area contributed by atoms with Gasteiger partial charge in [-0.05, 0) is 5.92 Å². The topological polar surface area (TPSA) is 69.0 Å². The SMILES string of the molecule is COC(=O)CCNCc1ncnn1CC(C)C. The van der Waals surface area contributed by atoms with E-state index in [0.717, 1.165) is 12.4 Å². The van der Waals surface area contributed by atoms with E-state index >= 15 is 0 Å². The van der Waals surface area contributed by atoms with E-state index in [1.54, 1.807) is 6.33 Å². The zero-order valence-corrected chi connectivity index (χ0v) is 10.6. The van der Waals surface area contributed by atoms with E-state index in [1.165, 1.54) is 7.11 Å². The highest BCUT2D eigenvalue weighted by molar-refractivity contribution is 5.69. The smallest absolute Gasteiger partial charge is 0.306 e. The van der Waals surface area contributed by atoms with Gasteiger partial charge in [0.15, 0.2) is 0 Å². The summed E-state index contributed by atoms with van der Waals surface area (Å²) in [5.74, 6) is 1.22. The second kappa shape index (κ2) is 7.01. The Morgan fingerprint density at radius 2 is 2.35 bits per heavy atom. The fraction of sp³-hybridized carbons (Fsp3) is 0.727. The molecule has 0 unspecified atom stereocenters. The number of nitrogens with zero attached hydrogens (tertiary/aromatic N) is 3. The third kappa shape index (κ3) is 4.95. The Hall–Kier alpha value is -1.43. The van der Waals surface area contributed by atoms with Gasteiger partial charge in [-0.25, -0.2) is 9.67 Å². The van der Waals surface area contributed by atoms with Crippen LogP contribution in [0.3, 0.4) is 0 Å². The quantitative estimate of drug-likeness (QED) is 0.558. The van der Waals surface area contributed by atoms with Crippen molar-refractivity contribution in [2.45, 2.75) is 33.4 Å². The van der Waals surface area contributed by atoms with Crippen LogP contribution in [0.5, 0.6) is 0 Å². The van der Waals surface area contributed by atoms with Crippen molar-refractivity contribution in [3.63, 3.8) is 0 Å². The van der Waals surface area contributed by atoms with Crippen LogP contribution in [0, 0.1) is 5.92 Å². The molecule has 1 aromatic rings. The normalized spacial score (nSPS) is 10.8. The number of methoxy groups -OCH3 is 1. The second-order valence-corrected chi connectivity index (χ2v) is 4.26. The molecule has 0 fully saturated rings. The van der Waals surface area contributed by atoms with Crippen LogP contribution < -0.4 is 5.32 Å². The Morgan fingerprint density at radius 3 is 3.00 bits per heavy atom. The average Bonchev–Trinajstić information content (AvgIpc) is 2.70. The van der Waals surface area contributed by atoms with Gasteiger partial charge in [-0.2, -0.15) is 5.10 Å². The molecule has 96 valence electrons. The van der Waals surface area contributed by atoms with E-state index < -0.39 is 0 Å². The number of aromatic nitrogens is 3. The van der Waals surface area contributed by atoms with Crippen molar-refractivity contribution >= 4 is 5.97 Å². The third-order valence-electron chi connectivity index (χ3n) is 2.25. The van der Waals surface area contributed by atoms with Crippen molar-refractivity contribution in [2.24, 2.45) is 5.92 Å². The van der Waals surface area contributed by atoms with Gasteiger partial charge in [-0.1, -0.05) is 13.8 Å². The lowest BCUT2D eigenvalue weighted by molar-refractivity contribution is -0.140. The van der Waals surface area contributed by atoms with Gasteiger partial charge in [0.05, 0.1) is 20.1 Å². The second-order valence-electron chi connectivity index (χ2n) is 4.26. The Labute approximate surface area is 101 Å². The van der Waals surface area contributed by atoms with E-state index in [0.29, 0.717) is 25.4 Å². The summed E-state index contributed by atoms with van der Waals surface area (Å²) < 4.78 is 6.44. The Morgan fingerprint density at radius 1 is 1.59 bits per heavy atom. The standard InChI is InChI=1S/C11H20N4O2/c1-9(2)7-15-10(13-8-14-15)6-12-5-4-11(16)17-3/h8-9,12H,4-7H2,1-3H3. The predicted molar refractivity (Wildman–Crippen MR) is 63.2 cm³/mol. The molecule has 0 bridgehead atoms. The van der Waals surface area contributed by atoms with Crippen molar-refractivity contribution in [3.8, 4) is 0 Å². The monoisotopic (exact) mass is 240 g/mol. The van der Waals surface area contributed by atoms with Crippen LogP contribution >= 0.6 is 0 Å². The van der Waals surface area contributed by atoms with E-state index in [2.05, 4.69) is 34.0 Å². The molecule has 1 N–H and O–H groups in total. The zero-order chi connectivity index (χ0) is 12.7. The lowest BCUT2D eigenvalue weighted by atomic mass is 10.2. The van der Waals surface area contributed by atoms with E-state index in [1.807, 2.05) is 4.68 Å². The molecule has 0 aliphatic carbocycles. The first-order chi connectivity index (χ1) is 8.13. The van der Waals surface area contributed by atoms with Crippen LogP contribution in [-0.4, -0.2) is 34.4 Å². The lowest BCUT2D eigenvalue weighted by Crippen LogP contribution is -2.21. The summed E-state index contributed by atoms with van der Waals surface area (Å²) in [7, 11) is 1.39. The van der Waals surface area contributed by atoms with Gasteiger partial charge in [0, 0.05) is 13.1 Å². The Kier molecular flexibility index (Phi) is 5.62. The highest BCUT2D eigenvalue weighted by Crippen LogP contribution is 2.00. The van der Waals surface area contributed by atoms with Crippen molar-refractivity contribution in [1.82, 2.24) is 20.1 Å². The van der Waals surface area contributed by atoms with Crippen LogP contribution in [0.4, 0.5) is 0 Å². The number of hydrogen-bond acceptors (Lipinski definition) is 5. The average molecular weight is 240 g/mol. The number of nitrogens with one attached hydrogen (secondary N) is 1. The first-order valence-electron chi connectivity index (χ1n) is 5.77. The molecule has 6 heteroatoms. The molecule has 0 amide bonds. The molecule has 1 heterocycles.